The molecular formula is C15H19BrO2. The first-order valence-electron chi connectivity index (χ1n) is 6.50. The lowest BCUT2D eigenvalue weighted by Crippen LogP contribution is -2.11. The molecule has 98 valence electrons. The Kier molecular flexibility index (Phi) is 4.10. The zero-order valence-electron chi connectivity index (χ0n) is 10.8. The van der Waals surface area contributed by atoms with Crippen molar-refractivity contribution in [3.63, 3.8) is 0 Å². The van der Waals surface area contributed by atoms with Gasteiger partial charge < -0.3 is 5.11 Å². The van der Waals surface area contributed by atoms with E-state index in [-0.39, 0.29) is 12.3 Å². The van der Waals surface area contributed by atoms with Crippen molar-refractivity contribution in [1.82, 2.24) is 0 Å². The monoisotopic (exact) mass is 310 g/mol. The van der Waals surface area contributed by atoms with E-state index in [1.165, 1.54) is 24.0 Å². The highest BCUT2D eigenvalue weighted by atomic mass is 79.9. The molecule has 0 amide bonds. The molecule has 1 N–H and O–H groups in total. The van der Waals surface area contributed by atoms with Crippen LogP contribution in [0.5, 0.6) is 0 Å². The minimum absolute atomic E-state index is 0.178. The Labute approximate surface area is 117 Å². The zero-order valence-corrected chi connectivity index (χ0v) is 12.4. The van der Waals surface area contributed by atoms with Gasteiger partial charge in [-0.3, -0.25) is 4.79 Å². The van der Waals surface area contributed by atoms with Crippen LogP contribution in [0.4, 0.5) is 0 Å². The third-order valence-electron chi connectivity index (χ3n) is 3.66. The van der Waals surface area contributed by atoms with E-state index in [0.29, 0.717) is 11.8 Å². The van der Waals surface area contributed by atoms with E-state index in [2.05, 4.69) is 41.9 Å². The second-order valence-corrected chi connectivity index (χ2v) is 6.39. The van der Waals surface area contributed by atoms with Crippen molar-refractivity contribution < 1.29 is 9.90 Å². The summed E-state index contributed by atoms with van der Waals surface area (Å²) in [5, 5.41) is 9.11. The SMILES string of the molecule is CC(C)c1ccc(Br)cc1C(CC(=O)O)C1CC1. The van der Waals surface area contributed by atoms with Crippen molar-refractivity contribution in [2.75, 3.05) is 0 Å². The summed E-state index contributed by atoms with van der Waals surface area (Å²) in [7, 11) is 0. The van der Waals surface area contributed by atoms with Crippen molar-refractivity contribution in [1.29, 1.82) is 0 Å². The third kappa shape index (κ3) is 3.14. The number of hydrogen-bond donors (Lipinski definition) is 1. The highest BCUT2D eigenvalue weighted by Gasteiger charge is 2.35. The molecular weight excluding hydrogens is 292 g/mol. The molecule has 0 spiro atoms. The van der Waals surface area contributed by atoms with E-state index in [1.807, 2.05) is 6.07 Å². The van der Waals surface area contributed by atoms with Gasteiger partial charge in [-0.1, -0.05) is 35.8 Å². The van der Waals surface area contributed by atoms with Gasteiger partial charge in [-0.2, -0.15) is 0 Å². The molecule has 1 unspecified atom stereocenters. The smallest absolute Gasteiger partial charge is 0.303 e. The highest BCUT2D eigenvalue weighted by molar-refractivity contribution is 9.10. The number of carboxylic acid groups (broad SMARTS) is 1. The van der Waals surface area contributed by atoms with Crippen molar-refractivity contribution >= 4 is 21.9 Å². The quantitative estimate of drug-likeness (QED) is 0.866. The summed E-state index contributed by atoms with van der Waals surface area (Å²) in [6, 6.07) is 6.28. The first kappa shape index (κ1) is 13.6. The molecule has 3 heteroatoms. The normalized spacial score (nSPS) is 16.9. The van der Waals surface area contributed by atoms with Crippen LogP contribution in [0.3, 0.4) is 0 Å². The Morgan fingerprint density at radius 2 is 2.06 bits per heavy atom. The van der Waals surface area contributed by atoms with E-state index in [0.717, 1.165) is 4.47 Å². The standard InChI is InChI=1S/C15H19BrO2/c1-9(2)12-6-5-11(16)7-14(12)13(8-15(17)18)10-3-4-10/h5-7,9-10,13H,3-4,8H2,1-2H3,(H,17,18). The number of carbonyl (C=O) groups is 1. The number of halogens is 1. The second-order valence-electron chi connectivity index (χ2n) is 5.47. The fraction of sp³-hybridized carbons (Fsp3) is 0.533. The van der Waals surface area contributed by atoms with Crippen molar-refractivity contribution in [2.45, 2.75) is 44.9 Å². The molecule has 0 radical (unpaired) electrons. The molecule has 1 aliphatic carbocycles. The third-order valence-corrected chi connectivity index (χ3v) is 4.15. The number of benzene rings is 1. The maximum absolute atomic E-state index is 11.1. The minimum atomic E-state index is -0.693. The Morgan fingerprint density at radius 1 is 1.39 bits per heavy atom. The fourth-order valence-corrected chi connectivity index (χ4v) is 2.99. The Morgan fingerprint density at radius 3 is 2.56 bits per heavy atom. The predicted molar refractivity (Wildman–Crippen MR) is 75.9 cm³/mol. The molecule has 1 saturated carbocycles. The van der Waals surface area contributed by atoms with Gasteiger partial charge >= 0.3 is 5.97 Å². The molecule has 0 aromatic heterocycles. The van der Waals surface area contributed by atoms with Gasteiger partial charge in [0.2, 0.25) is 0 Å². The van der Waals surface area contributed by atoms with Gasteiger partial charge in [-0.15, -0.1) is 0 Å². The topological polar surface area (TPSA) is 37.3 Å². The maximum Gasteiger partial charge on any atom is 0.303 e. The van der Waals surface area contributed by atoms with Crippen LogP contribution in [0.1, 0.15) is 56.1 Å². The number of carboxylic acids is 1. The lowest BCUT2D eigenvalue weighted by molar-refractivity contribution is -0.137. The van der Waals surface area contributed by atoms with Crippen molar-refractivity contribution in [3.05, 3.63) is 33.8 Å². The summed E-state index contributed by atoms with van der Waals surface area (Å²) in [5.74, 6) is 0.482. The average molecular weight is 311 g/mol. The van der Waals surface area contributed by atoms with E-state index in [4.69, 9.17) is 5.11 Å². The van der Waals surface area contributed by atoms with Crippen LogP contribution in [0, 0.1) is 5.92 Å². The van der Waals surface area contributed by atoms with E-state index in [1.54, 1.807) is 0 Å². The molecule has 1 aromatic rings. The Bertz CT molecular complexity index is 450. The van der Waals surface area contributed by atoms with Gasteiger partial charge in [0.1, 0.15) is 0 Å². The number of hydrogen-bond acceptors (Lipinski definition) is 1. The maximum atomic E-state index is 11.1. The first-order chi connectivity index (χ1) is 8.49. The van der Waals surface area contributed by atoms with Gasteiger partial charge in [0.15, 0.2) is 0 Å². The van der Waals surface area contributed by atoms with Crippen LogP contribution in [0.2, 0.25) is 0 Å². The summed E-state index contributed by atoms with van der Waals surface area (Å²) in [4.78, 5) is 11.1. The largest absolute Gasteiger partial charge is 0.481 e. The average Bonchev–Trinajstić information content (AvgIpc) is 3.08. The summed E-state index contributed by atoms with van der Waals surface area (Å²) in [6.45, 7) is 4.33. The number of aliphatic carboxylic acids is 1. The Hall–Kier alpha value is -0.830. The van der Waals surface area contributed by atoms with Crippen molar-refractivity contribution in [2.24, 2.45) is 5.92 Å². The predicted octanol–water partition coefficient (Wildman–Crippen LogP) is 4.54. The highest BCUT2D eigenvalue weighted by Crippen LogP contribution is 2.46. The van der Waals surface area contributed by atoms with Gasteiger partial charge in [-0.05, 0) is 53.9 Å². The molecule has 2 rings (SSSR count). The van der Waals surface area contributed by atoms with Gasteiger partial charge in [0.25, 0.3) is 0 Å². The number of rotatable bonds is 5. The summed E-state index contributed by atoms with van der Waals surface area (Å²) in [5.41, 5.74) is 2.51. The Balaban J connectivity index is 2.38. The molecule has 18 heavy (non-hydrogen) atoms. The van der Waals surface area contributed by atoms with E-state index >= 15 is 0 Å². The fourth-order valence-electron chi connectivity index (χ4n) is 2.61. The minimum Gasteiger partial charge on any atom is -0.481 e. The summed E-state index contributed by atoms with van der Waals surface area (Å²) >= 11 is 3.50. The van der Waals surface area contributed by atoms with Crippen LogP contribution in [-0.4, -0.2) is 11.1 Å². The van der Waals surface area contributed by atoms with Gasteiger partial charge in [0, 0.05) is 4.47 Å². The van der Waals surface area contributed by atoms with Gasteiger partial charge in [0.05, 0.1) is 6.42 Å². The second kappa shape index (κ2) is 5.43. The lowest BCUT2D eigenvalue weighted by Gasteiger charge is -2.21. The molecule has 1 fully saturated rings. The molecule has 1 aliphatic rings. The van der Waals surface area contributed by atoms with Crippen LogP contribution >= 0.6 is 15.9 Å². The van der Waals surface area contributed by atoms with Crippen LogP contribution in [0.25, 0.3) is 0 Å². The van der Waals surface area contributed by atoms with Crippen LogP contribution < -0.4 is 0 Å². The molecule has 2 nitrogen and oxygen atoms in total. The molecule has 0 bridgehead atoms. The first-order valence-corrected chi connectivity index (χ1v) is 7.29. The lowest BCUT2D eigenvalue weighted by atomic mass is 9.84. The summed E-state index contributed by atoms with van der Waals surface area (Å²) < 4.78 is 1.04. The molecule has 0 heterocycles. The zero-order chi connectivity index (χ0) is 13.3. The van der Waals surface area contributed by atoms with Crippen LogP contribution in [-0.2, 0) is 4.79 Å². The van der Waals surface area contributed by atoms with E-state index in [9.17, 15) is 4.79 Å². The van der Waals surface area contributed by atoms with Crippen LogP contribution in [0.15, 0.2) is 22.7 Å². The van der Waals surface area contributed by atoms with Gasteiger partial charge in [-0.25, -0.2) is 0 Å². The molecule has 1 aromatic carbocycles. The molecule has 1 atom stereocenters. The molecule has 0 aliphatic heterocycles. The van der Waals surface area contributed by atoms with Crippen molar-refractivity contribution in [3.8, 4) is 0 Å². The van der Waals surface area contributed by atoms with E-state index < -0.39 is 5.97 Å². The summed E-state index contributed by atoms with van der Waals surface area (Å²) in [6.07, 6.45) is 2.59. The molecule has 0 saturated heterocycles.